The van der Waals surface area contributed by atoms with Crippen molar-refractivity contribution in [3.63, 3.8) is 0 Å². The second-order valence-electron chi connectivity index (χ2n) is 16.7. The zero-order valence-electron chi connectivity index (χ0n) is 35.9. The molecule has 7 nitrogen and oxygen atoms in total. The lowest BCUT2D eigenvalue weighted by Gasteiger charge is -2.11. The van der Waals surface area contributed by atoms with Crippen molar-refractivity contribution in [2.45, 2.75) is 0 Å². The number of hydrogen-bond donors (Lipinski definition) is 0. The van der Waals surface area contributed by atoms with E-state index in [1.165, 1.54) is 0 Å². The Kier molecular flexibility index (Phi) is 9.03. The van der Waals surface area contributed by atoms with Crippen molar-refractivity contribution >= 4 is 43.9 Å². The van der Waals surface area contributed by atoms with Gasteiger partial charge in [0, 0.05) is 49.4 Å². The Bertz CT molecular complexity index is 3910. The van der Waals surface area contributed by atoms with Gasteiger partial charge in [-0.1, -0.05) is 158 Å². The van der Waals surface area contributed by atoms with Crippen LogP contribution in [0, 0.1) is 0 Å². The molecular formula is C60H37N5O2. The third-order valence-electron chi connectivity index (χ3n) is 12.7. The van der Waals surface area contributed by atoms with Crippen LogP contribution in [-0.4, -0.2) is 25.0 Å². The molecule has 0 radical (unpaired) electrons. The summed E-state index contributed by atoms with van der Waals surface area (Å²) >= 11 is 0. The van der Waals surface area contributed by atoms with Gasteiger partial charge in [-0.3, -0.25) is 4.57 Å². The van der Waals surface area contributed by atoms with E-state index in [4.69, 9.17) is 24.1 Å². The van der Waals surface area contributed by atoms with Crippen molar-refractivity contribution in [1.29, 1.82) is 0 Å². The summed E-state index contributed by atoms with van der Waals surface area (Å²) in [7, 11) is 0. The number of benzene rings is 9. The van der Waals surface area contributed by atoms with E-state index in [0.29, 0.717) is 0 Å². The Morgan fingerprint density at radius 3 is 1.24 bits per heavy atom. The molecule has 7 heteroatoms. The van der Waals surface area contributed by atoms with Gasteiger partial charge in [-0.25, -0.2) is 0 Å². The van der Waals surface area contributed by atoms with Crippen molar-refractivity contribution in [1.82, 2.24) is 25.0 Å². The molecule has 67 heavy (non-hydrogen) atoms. The molecule has 0 atom stereocenters. The molecule has 0 aliphatic heterocycles. The zero-order valence-corrected chi connectivity index (χ0v) is 35.9. The second-order valence-corrected chi connectivity index (χ2v) is 16.7. The van der Waals surface area contributed by atoms with Gasteiger partial charge < -0.3 is 8.83 Å². The topological polar surface area (TPSA) is 82.8 Å². The number of hydrogen-bond acceptors (Lipinski definition) is 6. The molecule has 0 aliphatic rings. The SMILES string of the molecule is c1ccc(-c2cc(-c3ccc4oc5ccc(-c6cccc(-c7ccc8oc9ccc(-n%10c(-c%11ccccc%11)nnc%10-c%10ccccc%10)cc9c8c7)c6)cc5c4c3)c(-c3ccccc3)nn2)cc1. The normalized spacial score (nSPS) is 11.6. The molecule has 13 rings (SSSR count). The van der Waals surface area contributed by atoms with E-state index in [0.717, 1.165) is 128 Å². The standard InChI is InChI=1S/C60H37N5O2/c1-5-14-38(15-6-1)53-37-48(58(62-61-53)39-16-7-2-8-17-39)46-26-30-56-51(35-46)49-33-44(24-28-54(49)66-56)42-22-13-23-43(32-42)45-25-29-55-50(34-45)52-36-47(27-31-57(52)67-55)65-59(40-18-9-3-10-19-40)63-64-60(65)41-20-11-4-12-21-41/h1-37H. The van der Waals surface area contributed by atoms with Crippen LogP contribution in [0.15, 0.2) is 233 Å². The molecule has 0 aliphatic carbocycles. The minimum Gasteiger partial charge on any atom is -0.456 e. The van der Waals surface area contributed by atoms with Gasteiger partial charge >= 0.3 is 0 Å². The monoisotopic (exact) mass is 859 g/mol. The number of rotatable bonds is 8. The molecule has 0 spiro atoms. The second kappa shape index (κ2) is 15.8. The van der Waals surface area contributed by atoms with E-state index in [9.17, 15) is 0 Å². The molecule has 0 unspecified atom stereocenters. The Balaban J connectivity index is 0.883. The molecular weight excluding hydrogens is 823 g/mol. The van der Waals surface area contributed by atoms with E-state index in [2.05, 4.69) is 155 Å². The first kappa shape index (κ1) is 38.3. The lowest BCUT2D eigenvalue weighted by Crippen LogP contribution is -2.00. The lowest BCUT2D eigenvalue weighted by molar-refractivity contribution is 0.668. The van der Waals surface area contributed by atoms with Crippen molar-refractivity contribution < 1.29 is 8.83 Å². The first-order valence-corrected chi connectivity index (χ1v) is 22.3. The maximum Gasteiger partial charge on any atom is 0.168 e. The largest absolute Gasteiger partial charge is 0.456 e. The van der Waals surface area contributed by atoms with E-state index >= 15 is 0 Å². The summed E-state index contributed by atoms with van der Waals surface area (Å²) in [5.41, 5.74) is 16.4. The minimum atomic E-state index is 0.770. The summed E-state index contributed by atoms with van der Waals surface area (Å²) < 4.78 is 15.0. The fourth-order valence-electron chi connectivity index (χ4n) is 9.33. The van der Waals surface area contributed by atoms with Gasteiger partial charge in [-0.15, -0.1) is 20.4 Å². The smallest absolute Gasteiger partial charge is 0.168 e. The van der Waals surface area contributed by atoms with E-state index in [1.807, 2.05) is 78.9 Å². The Morgan fingerprint density at radius 1 is 0.284 bits per heavy atom. The number of aromatic nitrogens is 5. The van der Waals surface area contributed by atoms with Crippen LogP contribution >= 0.6 is 0 Å². The van der Waals surface area contributed by atoms with Crippen LogP contribution in [0.3, 0.4) is 0 Å². The highest BCUT2D eigenvalue weighted by molar-refractivity contribution is 6.09. The molecule has 0 N–H and O–H groups in total. The molecule has 4 heterocycles. The van der Waals surface area contributed by atoms with Crippen LogP contribution in [0.2, 0.25) is 0 Å². The quantitative estimate of drug-likeness (QED) is 0.151. The minimum absolute atomic E-state index is 0.770. The third-order valence-corrected chi connectivity index (χ3v) is 12.7. The summed E-state index contributed by atoms with van der Waals surface area (Å²) in [4.78, 5) is 0. The van der Waals surface area contributed by atoms with E-state index in [-0.39, 0.29) is 0 Å². The number of furan rings is 2. The van der Waals surface area contributed by atoms with Gasteiger partial charge in [0.25, 0.3) is 0 Å². The lowest BCUT2D eigenvalue weighted by atomic mass is 9.95. The van der Waals surface area contributed by atoms with Crippen molar-refractivity contribution in [2.75, 3.05) is 0 Å². The molecule has 0 saturated heterocycles. The van der Waals surface area contributed by atoms with Crippen molar-refractivity contribution in [3.8, 4) is 84.4 Å². The number of fused-ring (bicyclic) bond motifs is 6. The fraction of sp³-hybridized carbons (Fsp3) is 0. The van der Waals surface area contributed by atoms with Gasteiger partial charge in [-0.2, -0.15) is 0 Å². The molecule has 314 valence electrons. The summed E-state index contributed by atoms with van der Waals surface area (Å²) in [5, 5.41) is 23.0. The highest BCUT2D eigenvalue weighted by atomic mass is 16.3. The Morgan fingerprint density at radius 2 is 0.701 bits per heavy atom. The molecule has 0 amide bonds. The van der Waals surface area contributed by atoms with Crippen LogP contribution < -0.4 is 0 Å². The van der Waals surface area contributed by atoms with Crippen LogP contribution in [-0.2, 0) is 0 Å². The molecule has 0 fully saturated rings. The predicted molar refractivity (Wildman–Crippen MR) is 270 cm³/mol. The van der Waals surface area contributed by atoms with Gasteiger partial charge in [0.1, 0.15) is 28.0 Å². The van der Waals surface area contributed by atoms with Crippen molar-refractivity contribution in [3.05, 3.63) is 224 Å². The van der Waals surface area contributed by atoms with Crippen LogP contribution in [0.1, 0.15) is 0 Å². The fourth-order valence-corrected chi connectivity index (χ4v) is 9.33. The molecule has 0 saturated carbocycles. The average molecular weight is 860 g/mol. The van der Waals surface area contributed by atoms with Crippen LogP contribution in [0.5, 0.6) is 0 Å². The summed E-state index contributed by atoms with van der Waals surface area (Å²) in [6.45, 7) is 0. The zero-order chi connectivity index (χ0) is 44.3. The van der Waals surface area contributed by atoms with Gasteiger partial charge in [0.2, 0.25) is 0 Å². The van der Waals surface area contributed by atoms with E-state index in [1.54, 1.807) is 0 Å². The molecule has 4 aromatic heterocycles. The maximum absolute atomic E-state index is 6.45. The van der Waals surface area contributed by atoms with E-state index < -0.39 is 0 Å². The molecule has 9 aromatic carbocycles. The predicted octanol–water partition coefficient (Wildman–Crippen LogP) is 15.5. The Hall–Kier alpha value is -9.20. The van der Waals surface area contributed by atoms with Crippen molar-refractivity contribution in [2.24, 2.45) is 0 Å². The molecule has 13 aromatic rings. The third kappa shape index (κ3) is 6.76. The first-order valence-electron chi connectivity index (χ1n) is 22.3. The summed E-state index contributed by atoms with van der Waals surface area (Å²) in [5.74, 6) is 1.54. The van der Waals surface area contributed by atoms with Gasteiger partial charge in [0.15, 0.2) is 11.6 Å². The van der Waals surface area contributed by atoms with Gasteiger partial charge in [0.05, 0.1) is 11.4 Å². The Labute approximate surface area is 384 Å². The summed E-state index contributed by atoms with van der Waals surface area (Å²) in [6, 6.07) is 77.4. The maximum atomic E-state index is 6.45. The summed E-state index contributed by atoms with van der Waals surface area (Å²) in [6.07, 6.45) is 0. The average Bonchev–Trinajstić information content (AvgIpc) is 4.12. The number of nitrogens with zero attached hydrogens (tertiary/aromatic N) is 5. The van der Waals surface area contributed by atoms with Crippen LogP contribution in [0.4, 0.5) is 0 Å². The highest BCUT2D eigenvalue weighted by Gasteiger charge is 2.20. The van der Waals surface area contributed by atoms with Crippen LogP contribution in [0.25, 0.3) is 128 Å². The molecule has 0 bridgehead atoms. The first-order chi connectivity index (χ1) is 33.2. The van der Waals surface area contributed by atoms with Gasteiger partial charge in [-0.05, 0) is 94.5 Å². The highest BCUT2D eigenvalue weighted by Crippen LogP contribution is 2.40.